The Hall–Kier alpha value is -0.370. The summed E-state index contributed by atoms with van der Waals surface area (Å²) in [6.07, 6.45) is 4.45. The standard InChI is InChI=1S/C9H16O2/c1-7(5-9(11)6-10)8-3-2-4-8/h7-8,10H,2-6H2,1H3. The lowest BCUT2D eigenvalue weighted by molar-refractivity contribution is -0.123. The van der Waals surface area contributed by atoms with Crippen molar-refractivity contribution >= 4 is 5.78 Å². The molecule has 0 spiro atoms. The van der Waals surface area contributed by atoms with Crippen molar-refractivity contribution in [1.29, 1.82) is 0 Å². The van der Waals surface area contributed by atoms with Crippen LogP contribution >= 0.6 is 0 Å². The highest BCUT2D eigenvalue weighted by Crippen LogP contribution is 2.34. The highest BCUT2D eigenvalue weighted by molar-refractivity contribution is 5.79. The number of Topliss-reactive ketones (excluding diaryl/α,β-unsaturated/α-hetero) is 1. The fourth-order valence-electron chi connectivity index (χ4n) is 1.60. The molecular formula is C9H16O2. The van der Waals surface area contributed by atoms with Crippen LogP contribution in [0.25, 0.3) is 0 Å². The first-order chi connectivity index (χ1) is 5.24. The van der Waals surface area contributed by atoms with Crippen molar-refractivity contribution in [3.05, 3.63) is 0 Å². The number of carbonyl (C=O) groups is 1. The lowest BCUT2D eigenvalue weighted by Gasteiger charge is -2.30. The van der Waals surface area contributed by atoms with Gasteiger partial charge in [-0.3, -0.25) is 4.79 Å². The summed E-state index contributed by atoms with van der Waals surface area (Å²) in [5.41, 5.74) is 0. The number of hydrogen-bond donors (Lipinski definition) is 1. The monoisotopic (exact) mass is 156 g/mol. The summed E-state index contributed by atoms with van der Waals surface area (Å²) in [4.78, 5) is 10.8. The number of carbonyl (C=O) groups excluding carboxylic acids is 1. The van der Waals surface area contributed by atoms with E-state index < -0.39 is 0 Å². The van der Waals surface area contributed by atoms with Gasteiger partial charge in [0.25, 0.3) is 0 Å². The van der Waals surface area contributed by atoms with Crippen molar-refractivity contribution in [2.75, 3.05) is 6.61 Å². The molecule has 2 nitrogen and oxygen atoms in total. The minimum atomic E-state index is -0.281. The minimum absolute atomic E-state index is 0.00981. The van der Waals surface area contributed by atoms with Crippen LogP contribution in [0.2, 0.25) is 0 Å². The molecule has 0 saturated heterocycles. The zero-order valence-electron chi connectivity index (χ0n) is 7.05. The molecule has 1 N–H and O–H groups in total. The number of rotatable bonds is 4. The molecule has 0 aromatic carbocycles. The summed E-state index contributed by atoms with van der Waals surface area (Å²) in [5, 5.41) is 8.51. The zero-order chi connectivity index (χ0) is 8.27. The third-order valence-electron chi connectivity index (χ3n) is 2.68. The molecule has 1 aliphatic rings. The van der Waals surface area contributed by atoms with Crippen LogP contribution in [0.3, 0.4) is 0 Å². The van der Waals surface area contributed by atoms with Gasteiger partial charge >= 0.3 is 0 Å². The van der Waals surface area contributed by atoms with Gasteiger partial charge in [-0.2, -0.15) is 0 Å². The molecule has 1 atom stereocenters. The second-order valence-electron chi connectivity index (χ2n) is 3.57. The van der Waals surface area contributed by atoms with E-state index in [9.17, 15) is 4.79 Å². The average Bonchev–Trinajstić information content (AvgIpc) is 1.83. The molecule has 2 heteroatoms. The fourth-order valence-corrected chi connectivity index (χ4v) is 1.60. The molecule has 1 fully saturated rings. The van der Waals surface area contributed by atoms with Crippen LogP contribution in [-0.2, 0) is 4.79 Å². The van der Waals surface area contributed by atoms with Crippen LogP contribution in [0.4, 0.5) is 0 Å². The van der Waals surface area contributed by atoms with E-state index in [-0.39, 0.29) is 12.4 Å². The second kappa shape index (κ2) is 3.86. The van der Waals surface area contributed by atoms with Crippen LogP contribution < -0.4 is 0 Å². The molecule has 1 rings (SSSR count). The van der Waals surface area contributed by atoms with Crippen molar-refractivity contribution in [2.24, 2.45) is 11.8 Å². The molecule has 1 saturated carbocycles. The van der Waals surface area contributed by atoms with Gasteiger partial charge in [-0.05, 0) is 11.8 Å². The Bertz CT molecular complexity index is 138. The van der Waals surface area contributed by atoms with Crippen molar-refractivity contribution < 1.29 is 9.90 Å². The molecule has 0 radical (unpaired) electrons. The third kappa shape index (κ3) is 2.29. The van der Waals surface area contributed by atoms with Crippen molar-refractivity contribution in [3.8, 4) is 0 Å². The molecule has 1 aliphatic carbocycles. The molecule has 0 amide bonds. The molecule has 64 valence electrons. The predicted octanol–water partition coefficient (Wildman–Crippen LogP) is 1.37. The largest absolute Gasteiger partial charge is 0.389 e. The molecule has 11 heavy (non-hydrogen) atoms. The summed E-state index contributed by atoms with van der Waals surface area (Å²) in [5.74, 6) is 1.23. The molecule has 0 aromatic heterocycles. The predicted molar refractivity (Wildman–Crippen MR) is 43.2 cm³/mol. The van der Waals surface area contributed by atoms with Gasteiger partial charge in [-0.1, -0.05) is 26.2 Å². The highest BCUT2D eigenvalue weighted by atomic mass is 16.3. The van der Waals surface area contributed by atoms with Crippen LogP contribution in [0, 0.1) is 11.8 Å². The molecular weight excluding hydrogens is 140 g/mol. The quantitative estimate of drug-likeness (QED) is 0.667. The van der Waals surface area contributed by atoms with Gasteiger partial charge in [0.05, 0.1) is 0 Å². The van der Waals surface area contributed by atoms with E-state index in [0.717, 1.165) is 5.92 Å². The lowest BCUT2D eigenvalue weighted by atomic mass is 9.75. The second-order valence-corrected chi connectivity index (χ2v) is 3.57. The SMILES string of the molecule is CC(CC(=O)CO)C1CCC1. The van der Waals surface area contributed by atoms with E-state index in [1.54, 1.807) is 0 Å². The van der Waals surface area contributed by atoms with Gasteiger partial charge < -0.3 is 5.11 Å². The first-order valence-electron chi connectivity index (χ1n) is 4.36. The van der Waals surface area contributed by atoms with E-state index >= 15 is 0 Å². The Labute approximate surface area is 67.6 Å². The first kappa shape index (κ1) is 8.72. The Morgan fingerprint density at radius 3 is 2.64 bits per heavy atom. The number of aliphatic hydroxyl groups excluding tert-OH is 1. The van der Waals surface area contributed by atoms with E-state index in [2.05, 4.69) is 6.92 Å². The number of ketones is 1. The summed E-state index contributed by atoms with van der Waals surface area (Å²) in [6, 6.07) is 0. The smallest absolute Gasteiger partial charge is 0.158 e. The van der Waals surface area contributed by atoms with Gasteiger partial charge in [0.2, 0.25) is 0 Å². The molecule has 0 aromatic rings. The Morgan fingerprint density at radius 2 is 2.27 bits per heavy atom. The minimum Gasteiger partial charge on any atom is -0.389 e. The average molecular weight is 156 g/mol. The van der Waals surface area contributed by atoms with Gasteiger partial charge in [0.1, 0.15) is 6.61 Å². The van der Waals surface area contributed by atoms with Crippen LogP contribution in [-0.4, -0.2) is 17.5 Å². The maximum atomic E-state index is 10.8. The topological polar surface area (TPSA) is 37.3 Å². The normalized spacial score (nSPS) is 20.9. The third-order valence-corrected chi connectivity index (χ3v) is 2.68. The maximum Gasteiger partial charge on any atom is 0.158 e. The van der Waals surface area contributed by atoms with Gasteiger partial charge in [-0.25, -0.2) is 0 Å². The lowest BCUT2D eigenvalue weighted by Crippen LogP contribution is -2.22. The maximum absolute atomic E-state index is 10.8. The Kier molecular flexibility index (Phi) is 3.06. The number of hydrogen-bond acceptors (Lipinski definition) is 2. The highest BCUT2D eigenvalue weighted by Gasteiger charge is 2.24. The van der Waals surface area contributed by atoms with E-state index in [1.165, 1.54) is 19.3 Å². The van der Waals surface area contributed by atoms with Gasteiger partial charge in [-0.15, -0.1) is 0 Å². The van der Waals surface area contributed by atoms with Crippen LogP contribution in [0.1, 0.15) is 32.6 Å². The fraction of sp³-hybridized carbons (Fsp3) is 0.889. The van der Waals surface area contributed by atoms with Crippen LogP contribution in [0.15, 0.2) is 0 Å². The molecule has 0 bridgehead atoms. The zero-order valence-corrected chi connectivity index (χ0v) is 7.05. The molecule has 1 unspecified atom stereocenters. The van der Waals surface area contributed by atoms with Crippen LogP contribution in [0.5, 0.6) is 0 Å². The van der Waals surface area contributed by atoms with Crippen molar-refractivity contribution in [1.82, 2.24) is 0 Å². The summed E-state index contributed by atoms with van der Waals surface area (Å²) in [6.45, 7) is 1.83. The molecule has 0 aliphatic heterocycles. The summed E-state index contributed by atoms with van der Waals surface area (Å²) < 4.78 is 0. The van der Waals surface area contributed by atoms with E-state index in [1.807, 2.05) is 0 Å². The van der Waals surface area contributed by atoms with E-state index in [4.69, 9.17) is 5.11 Å². The summed E-state index contributed by atoms with van der Waals surface area (Å²) in [7, 11) is 0. The van der Waals surface area contributed by atoms with Gasteiger partial charge in [0, 0.05) is 6.42 Å². The van der Waals surface area contributed by atoms with Crippen molar-refractivity contribution in [2.45, 2.75) is 32.6 Å². The first-order valence-corrected chi connectivity index (χ1v) is 4.36. The van der Waals surface area contributed by atoms with Crippen molar-refractivity contribution in [3.63, 3.8) is 0 Å². The van der Waals surface area contributed by atoms with E-state index in [0.29, 0.717) is 12.3 Å². The molecule has 0 heterocycles. The number of aliphatic hydroxyl groups is 1. The Balaban J connectivity index is 2.19. The Morgan fingerprint density at radius 1 is 1.64 bits per heavy atom. The van der Waals surface area contributed by atoms with Gasteiger partial charge in [0.15, 0.2) is 5.78 Å². The summed E-state index contributed by atoms with van der Waals surface area (Å²) >= 11 is 0.